The summed E-state index contributed by atoms with van der Waals surface area (Å²) in [5.74, 6) is 0.693. The predicted molar refractivity (Wildman–Crippen MR) is 88.1 cm³/mol. The number of fused-ring (bicyclic) bond motifs is 1. The minimum absolute atomic E-state index is 0.506. The average molecular weight is 283 g/mol. The standard InChI is InChI=1S/C18H25N3/c1-13-6-5-9-21(18(13)11-19)12-15-10-14(2)20-17-8-4-3-7-16(15)17/h3-4,7-8,10,13,18H,5-6,9,11-12,19H2,1-2H3. The summed E-state index contributed by atoms with van der Waals surface area (Å²) < 4.78 is 0. The molecular weight excluding hydrogens is 258 g/mol. The number of hydrogen-bond donors (Lipinski definition) is 1. The second-order valence-electron chi connectivity index (χ2n) is 6.33. The van der Waals surface area contributed by atoms with Crippen molar-refractivity contribution < 1.29 is 0 Å². The van der Waals surface area contributed by atoms with E-state index in [1.165, 1.54) is 23.8 Å². The fourth-order valence-electron chi connectivity index (χ4n) is 3.66. The third-order valence-electron chi connectivity index (χ3n) is 4.78. The van der Waals surface area contributed by atoms with Crippen LogP contribution in [0, 0.1) is 12.8 Å². The first kappa shape index (κ1) is 14.5. The molecule has 0 radical (unpaired) electrons. The Morgan fingerprint density at radius 2 is 2.14 bits per heavy atom. The van der Waals surface area contributed by atoms with E-state index >= 15 is 0 Å². The van der Waals surface area contributed by atoms with E-state index in [9.17, 15) is 0 Å². The number of para-hydroxylation sites is 1. The number of aryl methyl sites for hydroxylation is 1. The third kappa shape index (κ3) is 2.94. The van der Waals surface area contributed by atoms with Crippen LogP contribution in [-0.4, -0.2) is 29.0 Å². The normalized spacial score (nSPS) is 23.6. The third-order valence-corrected chi connectivity index (χ3v) is 4.78. The molecule has 3 heteroatoms. The van der Waals surface area contributed by atoms with Gasteiger partial charge in [-0.25, -0.2) is 0 Å². The first-order chi connectivity index (χ1) is 10.2. The topological polar surface area (TPSA) is 42.1 Å². The quantitative estimate of drug-likeness (QED) is 0.941. The first-order valence-corrected chi connectivity index (χ1v) is 7.98. The molecule has 2 unspecified atom stereocenters. The summed E-state index contributed by atoms with van der Waals surface area (Å²) in [5.41, 5.74) is 9.60. The SMILES string of the molecule is Cc1cc(CN2CCCC(C)C2CN)c2ccccc2n1. The molecule has 21 heavy (non-hydrogen) atoms. The van der Waals surface area contributed by atoms with Crippen molar-refractivity contribution in [1.29, 1.82) is 0 Å². The van der Waals surface area contributed by atoms with Crippen molar-refractivity contribution in [3.63, 3.8) is 0 Å². The maximum Gasteiger partial charge on any atom is 0.0708 e. The van der Waals surface area contributed by atoms with Crippen LogP contribution in [0.2, 0.25) is 0 Å². The van der Waals surface area contributed by atoms with E-state index in [0.717, 1.165) is 30.8 Å². The fraction of sp³-hybridized carbons (Fsp3) is 0.500. The van der Waals surface area contributed by atoms with E-state index in [2.05, 4.69) is 54.1 Å². The van der Waals surface area contributed by atoms with Gasteiger partial charge < -0.3 is 5.73 Å². The van der Waals surface area contributed by atoms with Gasteiger partial charge in [-0.2, -0.15) is 0 Å². The lowest BCUT2D eigenvalue weighted by Crippen LogP contribution is -2.48. The highest BCUT2D eigenvalue weighted by molar-refractivity contribution is 5.82. The molecule has 0 amide bonds. The Morgan fingerprint density at radius 3 is 2.95 bits per heavy atom. The molecule has 2 atom stereocenters. The van der Waals surface area contributed by atoms with Crippen molar-refractivity contribution in [1.82, 2.24) is 9.88 Å². The maximum atomic E-state index is 6.03. The van der Waals surface area contributed by atoms with Crippen LogP contribution in [-0.2, 0) is 6.54 Å². The Balaban J connectivity index is 1.93. The molecule has 1 aliphatic heterocycles. The van der Waals surface area contributed by atoms with Crippen LogP contribution >= 0.6 is 0 Å². The van der Waals surface area contributed by atoms with Crippen molar-refractivity contribution in [3.8, 4) is 0 Å². The van der Waals surface area contributed by atoms with E-state index in [-0.39, 0.29) is 0 Å². The molecule has 1 aromatic carbocycles. The zero-order valence-corrected chi connectivity index (χ0v) is 13.0. The van der Waals surface area contributed by atoms with Crippen LogP contribution in [0.4, 0.5) is 0 Å². The van der Waals surface area contributed by atoms with Crippen LogP contribution in [0.5, 0.6) is 0 Å². The van der Waals surface area contributed by atoms with Crippen molar-refractivity contribution in [2.45, 2.75) is 39.3 Å². The number of piperidine rings is 1. The lowest BCUT2D eigenvalue weighted by Gasteiger charge is -2.39. The highest BCUT2D eigenvalue weighted by atomic mass is 15.2. The first-order valence-electron chi connectivity index (χ1n) is 7.98. The molecule has 2 aromatic rings. The minimum atomic E-state index is 0.506. The second-order valence-corrected chi connectivity index (χ2v) is 6.33. The number of nitrogens with zero attached hydrogens (tertiary/aromatic N) is 2. The molecule has 2 heterocycles. The van der Waals surface area contributed by atoms with Gasteiger partial charge in [0.1, 0.15) is 0 Å². The van der Waals surface area contributed by atoms with Crippen LogP contribution < -0.4 is 5.73 Å². The lowest BCUT2D eigenvalue weighted by atomic mass is 9.90. The number of rotatable bonds is 3. The van der Waals surface area contributed by atoms with E-state index in [4.69, 9.17) is 5.73 Å². The summed E-state index contributed by atoms with van der Waals surface area (Å²) in [5, 5.41) is 1.28. The molecule has 3 rings (SSSR count). The summed E-state index contributed by atoms with van der Waals surface area (Å²) in [6, 6.07) is 11.2. The Labute approximate surface area is 127 Å². The van der Waals surface area contributed by atoms with Gasteiger partial charge in [-0.05, 0) is 49.9 Å². The van der Waals surface area contributed by atoms with Crippen LogP contribution in [0.15, 0.2) is 30.3 Å². The largest absolute Gasteiger partial charge is 0.329 e. The van der Waals surface area contributed by atoms with Gasteiger partial charge in [0.25, 0.3) is 0 Å². The van der Waals surface area contributed by atoms with Crippen molar-refractivity contribution in [2.75, 3.05) is 13.1 Å². The van der Waals surface area contributed by atoms with Gasteiger partial charge in [0.15, 0.2) is 0 Å². The highest BCUT2D eigenvalue weighted by Crippen LogP contribution is 2.26. The lowest BCUT2D eigenvalue weighted by molar-refractivity contribution is 0.0995. The molecule has 2 N–H and O–H groups in total. The summed E-state index contributed by atoms with van der Waals surface area (Å²) in [4.78, 5) is 7.21. The Morgan fingerprint density at radius 1 is 1.33 bits per heavy atom. The zero-order valence-electron chi connectivity index (χ0n) is 13.0. The number of aromatic nitrogens is 1. The van der Waals surface area contributed by atoms with Crippen molar-refractivity contribution in [2.24, 2.45) is 11.7 Å². The van der Waals surface area contributed by atoms with Gasteiger partial charge in [0.05, 0.1) is 5.52 Å². The van der Waals surface area contributed by atoms with Crippen LogP contribution in [0.25, 0.3) is 10.9 Å². The van der Waals surface area contributed by atoms with E-state index in [1.54, 1.807) is 0 Å². The summed E-state index contributed by atoms with van der Waals surface area (Å²) >= 11 is 0. The van der Waals surface area contributed by atoms with Gasteiger partial charge in [-0.3, -0.25) is 9.88 Å². The van der Waals surface area contributed by atoms with Gasteiger partial charge in [0, 0.05) is 30.2 Å². The summed E-state index contributed by atoms with van der Waals surface area (Å²) in [6.45, 7) is 7.30. The van der Waals surface area contributed by atoms with Gasteiger partial charge in [-0.15, -0.1) is 0 Å². The monoisotopic (exact) mass is 283 g/mol. The maximum absolute atomic E-state index is 6.03. The van der Waals surface area contributed by atoms with Crippen molar-refractivity contribution in [3.05, 3.63) is 41.6 Å². The Kier molecular flexibility index (Phi) is 4.22. The summed E-state index contributed by atoms with van der Waals surface area (Å²) in [6.07, 6.45) is 2.58. The fourth-order valence-corrected chi connectivity index (χ4v) is 3.66. The number of nitrogens with two attached hydrogens (primary N) is 1. The second kappa shape index (κ2) is 6.12. The molecule has 0 saturated carbocycles. The molecule has 1 fully saturated rings. The predicted octanol–water partition coefficient (Wildman–Crippen LogP) is 3.10. The minimum Gasteiger partial charge on any atom is -0.329 e. The summed E-state index contributed by atoms with van der Waals surface area (Å²) in [7, 11) is 0. The van der Waals surface area contributed by atoms with Crippen LogP contribution in [0.1, 0.15) is 31.0 Å². The van der Waals surface area contributed by atoms with E-state index in [1.807, 2.05) is 0 Å². The molecule has 112 valence electrons. The molecule has 1 aliphatic rings. The van der Waals surface area contributed by atoms with E-state index in [0.29, 0.717) is 12.0 Å². The van der Waals surface area contributed by atoms with E-state index < -0.39 is 0 Å². The molecular formula is C18H25N3. The van der Waals surface area contributed by atoms with Crippen LogP contribution in [0.3, 0.4) is 0 Å². The number of hydrogen-bond acceptors (Lipinski definition) is 3. The molecule has 0 spiro atoms. The smallest absolute Gasteiger partial charge is 0.0708 e. The van der Waals surface area contributed by atoms with Gasteiger partial charge >= 0.3 is 0 Å². The van der Waals surface area contributed by atoms with Gasteiger partial charge in [0.2, 0.25) is 0 Å². The van der Waals surface area contributed by atoms with Crippen molar-refractivity contribution >= 4 is 10.9 Å². The van der Waals surface area contributed by atoms with Gasteiger partial charge in [-0.1, -0.05) is 25.1 Å². The molecule has 1 aromatic heterocycles. The Bertz CT molecular complexity index is 623. The number of pyridine rings is 1. The zero-order chi connectivity index (χ0) is 14.8. The molecule has 3 nitrogen and oxygen atoms in total. The molecule has 0 aliphatic carbocycles. The molecule has 1 saturated heterocycles. The number of likely N-dealkylation sites (tertiary alicyclic amines) is 1. The highest BCUT2D eigenvalue weighted by Gasteiger charge is 2.27. The average Bonchev–Trinajstić information content (AvgIpc) is 2.47. The molecule has 0 bridgehead atoms. The number of benzene rings is 1. The Hall–Kier alpha value is -1.45.